The SMILES string of the molecule is COc1ccccc1C1CCN(c2nc(C3(F)CC3)nc3c(F)cc(N(C)CCO)cc23)CC1. The molecule has 2 fully saturated rings. The number of piperidine rings is 1. The molecule has 0 spiro atoms. The second-order valence-electron chi connectivity index (χ2n) is 9.31. The lowest BCUT2D eigenvalue weighted by Crippen LogP contribution is -2.34. The van der Waals surface area contributed by atoms with E-state index in [-0.39, 0.29) is 17.9 Å². The normalized spacial score (nSPS) is 17.7. The molecule has 0 unspecified atom stereocenters. The van der Waals surface area contributed by atoms with Crippen molar-refractivity contribution in [2.24, 2.45) is 0 Å². The number of hydrogen-bond acceptors (Lipinski definition) is 6. The molecule has 6 nitrogen and oxygen atoms in total. The molecule has 1 aliphatic heterocycles. The zero-order valence-electron chi connectivity index (χ0n) is 19.6. The number of ether oxygens (including phenoxy) is 1. The molecule has 3 aromatic rings. The van der Waals surface area contributed by atoms with Gasteiger partial charge in [0.15, 0.2) is 17.3 Å². The number of fused-ring (bicyclic) bond motifs is 1. The predicted octanol–water partition coefficient (Wildman–Crippen LogP) is 4.55. The zero-order chi connectivity index (χ0) is 23.9. The lowest BCUT2D eigenvalue weighted by Gasteiger charge is -2.34. The first kappa shape index (κ1) is 22.8. The van der Waals surface area contributed by atoms with Crippen LogP contribution in [0.1, 0.15) is 43.0 Å². The Morgan fingerprint density at radius 2 is 1.91 bits per heavy atom. The molecule has 1 N–H and O–H groups in total. The van der Waals surface area contributed by atoms with E-state index in [4.69, 9.17) is 4.74 Å². The minimum absolute atomic E-state index is 0.0424. The lowest BCUT2D eigenvalue weighted by molar-refractivity contribution is 0.301. The van der Waals surface area contributed by atoms with E-state index < -0.39 is 11.5 Å². The number of halogens is 2. The van der Waals surface area contributed by atoms with Crippen molar-refractivity contribution in [1.82, 2.24) is 9.97 Å². The Morgan fingerprint density at radius 1 is 1.18 bits per heavy atom. The van der Waals surface area contributed by atoms with Crippen LogP contribution in [0.4, 0.5) is 20.3 Å². The number of alkyl halides is 1. The molecule has 180 valence electrons. The first-order valence-electron chi connectivity index (χ1n) is 11.8. The second kappa shape index (κ2) is 8.98. The maximum Gasteiger partial charge on any atom is 0.170 e. The number of anilines is 2. The van der Waals surface area contributed by atoms with Crippen LogP contribution in [-0.2, 0) is 5.67 Å². The fraction of sp³-hybridized carbons (Fsp3) is 0.462. The summed E-state index contributed by atoms with van der Waals surface area (Å²) in [4.78, 5) is 12.9. The van der Waals surface area contributed by atoms with Crippen LogP contribution < -0.4 is 14.5 Å². The Balaban J connectivity index is 1.51. The summed E-state index contributed by atoms with van der Waals surface area (Å²) in [6.45, 7) is 1.76. The van der Waals surface area contributed by atoms with Crippen molar-refractivity contribution in [3.05, 3.63) is 53.6 Å². The van der Waals surface area contributed by atoms with E-state index in [2.05, 4.69) is 20.9 Å². The van der Waals surface area contributed by atoms with Crippen molar-refractivity contribution in [3.8, 4) is 5.75 Å². The monoisotopic (exact) mass is 468 g/mol. The highest BCUT2D eigenvalue weighted by atomic mass is 19.1. The molecule has 2 heterocycles. The van der Waals surface area contributed by atoms with E-state index in [1.807, 2.05) is 24.3 Å². The number of aromatic nitrogens is 2. The fourth-order valence-corrected chi connectivity index (χ4v) is 4.84. The minimum Gasteiger partial charge on any atom is -0.496 e. The number of para-hydroxylation sites is 1. The Bertz CT molecular complexity index is 1190. The molecule has 34 heavy (non-hydrogen) atoms. The van der Waals surface area contributed by atoms with Gasteiger partial charge in [-0.3, -0.25) is 0 Å². The quantitative estimate of drug-likeness (QED) is 0.549. The molecule has 0 atom stereocenters. The van der Waals surface area contributed by atoms with Gasteiger partial charge in [0.1, 0.15) is 17.1 Å². The van der Waals surface area contributed by atoms with E-state index >= 15 is 4.39 Å². The number of aliphatic hydroxyl groups excluding tert-OH is 1. The average Bonchev–Trinajstić information content (AvgIpc) is 3.62. The van der Waals surface area contributed by atoms with Gasteiger partial charge in [-0.05, 0) is 55.4 Å². The molecular weight excluding hydrogens is 438 g/mol. The summed E-state index contributed by atoms with van der Waals surface area (Å²) in [6.07, 6.45) is 2.50. The summed E-state index contributed by atoms with van der Waals surface area (Å²) in [7, 11) is 3.48. The van der Waals surface area contributed by atoms with Gasteiger partial charge in [-0.2, -0.15) is 0 Å². The van der Waals surface area contributed by atoms with Crippen LogP contribution in [0.5, 0.6) is 5.75 Å². The van der Waals surface area contributed by atoms with E-state index in [0.29, 0.717) is 55.3 Å². The first-order valence-corrected chi connectivity index (χ1v) is 11.8. The van der Waals surface area contributed by atoms with Gasteiger partial charge in [0, 0.05) is 37.8 Å². The largest absolute Gasteiger partial charge is 0.496 e. The highest BCUT2D eigenvalue weighted by molar-refractivity contribution is 5.93. The molecule has 1 aliphatic carbocycles. The van der Waals surface area contributed by atoms with Gasteiger partial charge in [0.2, 0.25) is 0 Å². The topological polar surface area (TPSA) is 61.7 Å². The number of rotatable bonds is 7. The van der Waals surface area contributed by atoms with Crippen molar-refractivity contribution in [3.63, 3.8) is 0 Å². The molecule has 1 saturated carbocycles. The molecule has 1 aromatic heterocycles. The predicted molar refractivity (Wildman–Crippen MR) is 129 cm³/mol. The Labute approximate surface area is 198 Å². The number of hydrogen-bond donors (Lipinski definition) is 1. The van der Waals surface area contributed by atoms with Crippen LogP contribution in [0.2, 0.25) is 0 Å². The molecule has 1 saturated heterocycles. The molecule has 0 amide bonds. The fourth-order valence-electron chi connectivity index (χ4n) is 4.84. The van der Waals surface area contributed by atoms with E-state index in [0.717, 1.165) is 18.6 Å². The number of methoxy groups -OCH3 is 1. The number of benzene rings is 2. The van der Waals surface area contributed by atoms with Crippen molar-refractivity contribution in [2.45, 2.75) is 37.3 Å². The summed E-state index contributed by atoms with van der Waals surface area (Å²) in [5, 5.41) is 9.88. The van der Waals surface area contributed by atoms with Crippen molar-refractivity contribution in [1.29, 1.82) is 0 Å². The lowest BCUT2D eigenvalue weighted by atomic mass is 9.88. The summed E-state index contributed by atoms with van der Waals surface area (Å²) in [5.41, 5.74) is 0.411. The zero-order valence-corrected chi connectivity index (χ0v) is 19.6. The van der Waals surface area contributed by atoms with Crippen molar-refractivity contribution >= 4 is 22.4 Å². The Kier molecular flexibility index (Phi) is 6.02. The van der Waals surface area contributed by atoms with Crippen LogP contribution in [0.15, 0.2) is 36.4 Å². The van der Waals surface area contributed by atoms with Gasteiger partial charge in [0.05, 0.1) is 13.7 Å². The Hall–Kier alpha value is -3.00. The summed E-state index contributed by atoms with van der Waals surface area (Å²) in [6, 6.07) is 11.3. The summed E-state index contributed by atoms with van der Waals surface area (Å²) in [5.74, 6) is 1.40. The maximum atomic E-state index is 15.2. The second-order valence-corrected chi connectivity index (χ2v) is 9.31. The highest BCUT2D eigenvalue weighted by Crippen LogP contribution is 2.49. The molecule has 2 aromatic carbocycles. The third-order valence-corrected chi connectivity index (χ3v) is 7.06. The van der Waals surface area contributed by atoms with Gasteiger partial charge in [-0.25, -0.2) is 18.7 Å². The van der Waals surface area contributed by atoms with Crippen LogP contribution in [-0.4, -0.2) is 55.5 Å². The summed E-state index contributed by atoms with van der Waals surface area (Å²) < 4.78 is 35.8. The van der Waals surface area contributed by atoms with Gasteiger partial charge >= 0.3 is 0 Å². The highest BCUT2D eigenvalue weighted by Gasteiger charge is 2.48. The number of nitrogens with zero attached hydrogens (tertiary/aromatic N) is 4. The Morgan fingerprint density at radius 3 is 2.59 bits per heavy atom. The van der Waals surface area contributed by atoms with Crippen LogP contribution >= 0.6 is 0 Å². The summed E-state index contributed by atoms with van der Waals surface area (Å²) >= 11 is 0. The van der Waals surface area contributed by atoms with Crippen LogP contribution in [0, 0.1) is 5.82 Å². The van der Waals surface area contributed by atoms with E-state index in [9.17, 15) is 9.50 Å². The molecule has 0 radical (unpaired) electrons. The van der Waals surface area contributed by atoms with E-state index in [1.165, 1.54) is 11.6 Å². The van der Waals surface area contributed by atoms with Gasteiger partial charge in [-0.1, -0.05) is 18.2 Å². The van der Waals surface area contributed by atoms with Crippen LogP contribution in [0.25, 0.3) is 10.9 Å². The molecule has 5 rings (SSSR count). The molecule has 2 aliphatic rings. The molecule has 0 bridgehead atoms. The number of aliphatic hydroxyl groups is 1. The standard InChI is InChI=1S/C26H30F2N4O2/c1-31(13-14-33)18-15-20-23(21(27)16-18)29-25(26(28)9-10-26)30-24(20)32-11-7-17(8-12-32)19-5-3-4-6-22(19)34-2/h3-6,15-17,33H,7-14H2,1-2H3. The smallest absolute Gasteiger partial charge is 0.170 e. The van der Waals surface area contributed by atoms with Crippen LogP contribution in [0.3, 0.4) is 0 Å². The molecule has 8 heteroatoms. The van der Waals surface area contributed by atoms with Gasteiger partial charge in [-0.15, -0.1) is 0 Å². The van der Waals surface area contributed by atoms with Crippen molar-refractivity contribution < 1.29 is 18.6 Å². The average molecular weight is 469 g/mol. The molecular formula is C26H30F2N4O2. The maximum absolute atomic E-state index is 15.2. The van der Waals surface area contributed by atoms with Gasteiger partial charge < -0.3 is 19.6 Å². The van der Waals surface area contributed by atoms with E-state index in [1.54, 1.807) is 19.1 Å². The number of likely N-dealkylation sites (N-methyl/N-ethyl adjacent to an activating group) is 1. The third-order valence-electron chi connectivity index (χ3n) is 7.06. The third kappa shape index (κ3) is 4.15. The van der Waals surface area contributed by atoms with Gasteiger partial charge in [0.25, 0.3) is 0 Å². The van der Waals surface area contributed by atoms with Crippen molar-refractivity contribution in [2.75, 3.05) is 50.2 Å². The minimum atomic E-state index is -1.56. The first-order chi connectivity index (χ1) is 16.4.